The molecular weight excluding hydrogens is 437 g/mol. The molecule has 1 aliphatic rings. The van der Waals surface area contributed by atoms with Crippen molar-refractivity contribution in [1.82, 2.24) is 0 Å². The van der Waals surface area contributed by atoms with Gasteiger partial charge in [-0.05, 0) is 66.8 Å². The lowest BCUT2D eigenvalue weighted by molar-refractivity contribution is 0.122. The summed E-state index contributed by atoms with van der Waals surface area (Å²) in [6, 6.07) is 15.6. The first-order valence-electron chi connectivity index (χ1n) is 11.8. The number of benzene rings is 3. The molecule has 0 heterocycles. The van der Waals surface area contributed by atoms with Crippen molar-refractivity contribution in [1.29, 1.82) is 0 Å². The summed E-state index contributed by atoms with van der Waals surface area (Å²) in [6.07, 6.45) is 5.47. The summed E-state index contributed by atoms with van der Waals surface area (Å²) >= 11 is 0. The molecule has 5 heteroatoms. The van der Waals surface area contributed by atoms with E-state index < -0.39 is 11.6 Å². The summed E-state index contributed by atoms with van der Waals surface area (Å²) in [6.45, 7) is 2.84. The fourth-order valence-corrected chi connectivity index (χ4v) is 4.47. The number of hydrogen-bond acceptors (Lipinski definition) is 2. The minimum atomic E-state index is -0.856. The first-order valence-corrected chi connectivity index (χ1v) is 11.8. The highest BCUT2D eigenvalue weighted by Crippen LogP contribution is 2.35. The van der Waals surface area contributed by atoms with E-state index in [4.69, 9.17) is 4.74 Å². The molecule has 0 aliphatic heterocycles. The van der Waals surface area contributed by atoms with Crippen LogP contribution in [0.25, 0.3) is 23.3 Å². The second-order valence-corrected chi connectivity index (χ2v) is 8.78. The SMILES string of the molecule is CCOCc1ccc(-c2ccc(/C=C/c3ccc(C4CCC(O)CC4)c(F)c3F)cc2)c(F)c1. The molecule has 0 amide bonds. The van der Waals surface area contributed by atoms with Crippen molar-refractivity contribution in [3.63, 3.8) is 0 Å². The van der Waals surface area contributed by atoms with Crippen LogP contribution in [0.15, 0.2) is 54.6 Å². The Morgan fingerprint density at radius 3 is 2.29 bits per heavy atom. The average molecular weight is 467 g/mol. The van der Waals surface area contributed by atoms with Crippen molar-refractivity contribution in [3.8, 4) is 11.1 Å². The molecule has 1 fully saturated rings. The van der Waals surface area contributed by atoms with Crippen LogP contribution in [0.4, 0.5) is 13.2 Å². The van der Waals surface area contributed by atoms with Gasteiger partial charge in [-0.15, -0.1) is 0 Å². The maximum atomic E-state index is 14.7. The van der Waals surface area contributed by atoms with E-state index in [2.05, 4.69) is 0 Å². The standard InChI is InChI=1S/C29H29F3O2/c1-2-34-18-20-6-15-25(27(30)17-20)21-7-3-19(4-8-21)5-9-23-12-16-26(29(32)28(23)31)22-10-13-24(33)14-11-22/h3-9,12,15-17,22,24,33H,2,10-11,13-14,18H2,1H3/b9-5+. The van der Waals surface area contributed by atoms with Crippen LogP contribution < -0.4 is 0 Å². The molecule has 34 heavy (non-hydrogen) atoms. The molecule has 0 radical (unpaired) electrons. The Labute approximate surface area is 198 Å². The third-order valence-corrected chi connectivity index (χ3v) is 6.46. The summed E-state index contributed by atoms with van der Waals surface area (Å²) in [4.78, 5) is 0. The quantitative estimate of drug-likeness (QED) is 0.366. The van der Waals surface area contributed by atoms with Crippen LogP contribution in [0.2, 0.25) is 0 Å². The van der Waals surface area contributed by atoms with Crippen LogP contribution in [0.5, 0.6) is 0 Å². The Kier molecular flexibility index (Phi) is 7.86. The number of rotatable bonds is 7. The number of aliphatic hydroxyl groups is 1. The van der Waals surface area contributed by atoms with Gasteiger partial charge in [-0.1, -0.05) is 60.7 Å². The molecule has 2 nitrogen and oxygen atoms in total. The Morgan fingerprint density at radius 1 is 0.882 bits per heavy atom. The third kappa shape index (κ3) is 5.60. The zero-order valence-corrected chi connectivity index (χ0v) is 19.2. The van der Waals surface area contributed by atoms with Crippen molar-refractivity contribution in [2.24, 2.45) is 0 Å². The van der Waals surface area contributed by atoms with Crippen LogP contribution in [0.1, 0.15) is 60.8 Å². The fourth-order valence-electron chi connectivity index (χ4n) is 4.47. The zero-order valence-electron chi connectivity index (χ0n) is 19.2. The summed E-state index contributed by atoms with van der Waals surface area (Å²) in [7, 11) is 0. The molecular formula is C29H29F3O2. The second kappa shape index (κ2) is 11.0. The molecule has 178 valence electrons. The van der Waals surface area contributed by atoms with Gasteiger partial charge in [0, 0.05) is 17.7 Å². The van der Waals surface area contributed by atoms with E-state index in [0.29, 0.717) is 50.0 Å². The lowest BCUT2D eigenvalue weighted by Gasteiger charge is -2.26. The molecule has 1 aliphatic carbocycles. The average Bonchev–Trinajstić information content (AvgIpc) is 2.85. The van der Waals surface area contributed by atoms with Gasteiger partial charge in [0.2, 0.25) is 0 Å². The molecule has 1 N–H and O–H groups in total. The highest BCUT2D eigenvalue weighted by Gasteiger charge is 2.25. The lowest BCUT2D eigenvalue weighted by atomic mass is 9.82. The molecule has 3 aromatic carbocycles. The summed E-state index contributed by atoms with van der Waals surface area (Å²) < 4.78 is 49.3. The normalized spacial score (nSPS) is 18.5. The van der Waals surface area contributed by atoms with Gasteiger partial charge in [-0.2, -0.15) is 0 Å². The third-order valence-electron chi connectivity index (χ3n) is 6.46. The molecule has 3 aromatic rings. The summed E-state index contributed by atoms with van der Waals surface area (Å²) in [5.41, 5.74) is 3.37. The summed E-state index contributed by atoms with van der Waals surface area (Å²) in [5, 5.41) is 9.65. The Morgan fingerprint density at radius 2 is 1.62 bits per heavy atom. The van der Waals surface area contributed by atoms with Gasteiger partial charge in [0.25, 0.3) is 0 Å². The van der Waals surface area contributed by atoms with Gasteiger partial charge in [-0.3, -0.25) is 0 Å². The number of hydrogen-bond donors (Lipinski definition) is 1. The molecule has 1 saturated carbocycles. The van der Waals surface area contributed by atoms with Gasteiger partial charge in [0.1, 0.15) is 5.82 Å². The van der Waals surface area contributed by atoms with E-state index in [1.807, 2.05) is 25.1 Å². The maximum absolute atomic E-state index is 14.7. The van der Waals surface area contributed by atoms with Crippen LogP contribution in [0.3, 0.4) is 0 Å². The predicted octanol–water partition coefficient (Wildman–Crippen LogP) is 7.50. The molecule has 0 aromatic heterocycles. The van der Waals surface area contributed by atoms with Crippen LogP contribution in [-0.2, 0) is 11.3 Å². The van der Waals surface area contributed by atoms with Crippen LogP contribution in [0, 0.1) is 17.5 Å². The van der Waals surface area contributed by atoms with Crippen LogP contribution in [-0.4, -0.2) is 17.8 Å². The first kappa shape index (κ1) is 24.2. The largest absolute Gasteiger partial charge is 0.393 e. The number of halogens is 3. The molecule has 0 spiro atoms. The monoisotopic (exact) mass is 466 g/mol. The van der Waals surface area contributed by atoms with E-state index >= 15 is 0 Å². The second-order valence-electron chi connectivity index (χ2n) is 8.78. The maximum Gasteiger partial charge on any atom is 0.166 e. The van der Waals surface area contributed by atoms with Crippen molar-refractivity contribution >= 4 is 12.2 Å². The van der Waals surface area contributed by atoms with Crippen LogP contribution >= 0.6 is 0 Å². The van der Waals surface area contributed by atoms with Crippen molar-refractivity contribution in [2.75, 3.05) is 6.61 Å². The Hall–Kier alpha value is -2.89. The van der Waals surface area contributed by atoms with Crippen molar-refractivity contribution in [2.45, 2.75) is 51.2 Å². The highest BCUT2D eigenvalue weighted by atomic mass is 19.2. The topological polar surface area (TPSA) is 29.5 Å². The van der Waals surface area contributed by atoms with Gasteiger partial charge in [-0.25, -0.2) is 13.2 Å². The van der Waals surface area contributed by atoms with Gasteiger partial charge in [0.05, 0.1) is 12.7 Å². The molecule has 0 bridgehead atoms. The van der Waals surface area contributed by atoms with Gasteiger partial charge < -0.3 is 9.84 Å². The summed E-state index contributed by atoms with van der Waals surface area (Å²) in [5.74, 6) is -2.03. The number of ether oxygens (including phenoxy) is 1. The van der Waals surface area contributed by atoms with Crippen molar-refractivity contribution < 1.29 is 23.0 Å². The fraction of sp³-hybridized carbons (Fsp3) is 0.310. The van der Waals surface area contributed by atoms with E-state index in [9.17, 15) is 18.3 Å². The molecule has 4 rings (SSSR count). The highest BCUT2D eigenvalue weighted by molar-refractivity contribution is 5.72. The Bertz CT molecular complexity index is 1150. The molecule has 0 atom stereocenters. The molecule has 0 saturated heterocycles. The minimum absolute atomic E-state index is 0.0582. The number of aliphatic hydroxyl groups excluding tert-OH is 1. The van der Waals surface area contributed by atoms with E-state index in [1.165, 1.54) is 6.07 Å². The first-order chi connectivity index (χ1) is 16.5. The lowest BCUT2D eigenvalue weighted by Crippen LogP contribution is -2.18. The van der Waals surface area contributed by atoms with E-state index in [1.54, 1.807) is 42.5 Å². The predicted molar refractivity (Wildman–Crippen MR) is 130 cm³/mol. The smallest absolute Gasteiger partial charge is 0.166 e. The van der Waals surface area contributed by atoms with Gasteiger partial charge >= 0.3 is 0 Å². The van der Waals surface area contributed by atoms with E-state index in [0.717, 1.165) is 16.7 Å². The van der Waals surface area contributed by atoms with E-state index in [-0.39, 0.29) is 23.4 Å². The molecule has 0 unspecified atom stereocenters. The van der Waals surface area contributed by atoms with Crippen molar-refractivity contribution in [3.05, 3.63) is 94.3 Å². The minimum Gasteiger partial charge on any atom is -0.393 e. The Balaban J connectivity index is 1.47. The van der Waals surface area contributed by atoms with Gasteiger partial charge in [0.15, 0.2) is 11.6 Å². The zero-order chi connectivity index (χ0) is 24.1.